The fraction of sp³-hybridized carbons (Fsp3) is 0. The summed E-state index contributed by atoms with van der Waals surface area (Å²) in [5, 5.41) is 5.07. The minimum Gasteiger partial charge on any atom is -0.472 e. The van der Waals surface area contributed by atoms with Crippen molar-refractivity contribution in [1.29, 1.82) is 0 Å². The van der Waals surface area contributed by atoms with Crippen LogP contribution in [0.15, 0.2) is 46.2 Å². The molecule has 78 valence electrons. The van der Waals surface area contributed by atoms with Crippen molar-refractivity contribution in [2.75, 3.05) is 0 Å². The van der Waals surface area contributed by atoms with Crippen molar-refractivity contribution in [3.8, 4) is 11.3 Å². The molecule has 2 aromatic rings. The number of furan rings is 1. The van der Waals surface area contributed by atoms with Crippen molar-refractivity contribution >= 4 is 10.0 Å². The van der Waals surface area contributed by atoms with Gasteiger partial charge < -0.3 is 4.42 Å². The molecule has 0 unspecified atom stereocenters. The highest BCUT2D eigenvalue weighted by molar-refractivity contribution is 7.89. The SMILES string of the molecule is NS(=O)(=O)c1cccnc1-c1ccoc1. The molecule has 2 N–H and O–H groups in total. The van der Waals surface area contributed by atoms with Crippen molar-refractivity contribution in [3.05, 3.63) is 36.9 Å². The van der Waals surface area contributed by atoms with Crippen molar-refractivity contribution in [2.45, 2.75) is 4.90 Å². The number of pyridine rings is 1. The Morgan fingerprint density at radius 1 is 1.33 bits per heavy atom. The highest BCUT2D eigenvalue weighted by Gasteiger charge is 2.16. The van der Waals surface area contributed by atoms with E-state index in [-0.39, 0.29) is 4.90 Å². The fourth-order valence-corrected chi connectivity index (χ4v) is 1.94. The third-order valence-corrected chi connectivity index (χ3v) is 2.81. The quantitative estimate of drug-likeness (QED) is 0.824. The van der Waals surface area contributed by atoms with Crippen LogP contribution < -0.4 is 5.14 Å². The molecule has 2 rings (SSSR count). The number of nitrogens with zero attached hydrogens (tertiary/aromatic N) is 1. The molecular formula is C9H8N2O3S. The molecular weight excluding hydrogens is 216 g/mol. The van der Waals surface area contributed by atoms with E-state index in [0.717, 1.165) is 0 Å². The molecule has 5 nitrogen and oxygen atoms in total. The summed E-state index contributed by atoms with van der Waals surface area (Å²) >= 11 is 0. The molecule has 0 atom stereocenters. The molecule has 0 aromatic carbocycles. The third kappa shape index (κ3) is 1.90. The van der Waals surface area contributed by atoms with Crippen LogP contribution in [0.3, 0.4) is 0 Å². The van der Waals surface area contributed by atoms with Gasteiger partial charge in [-0.1, -0.05) is 0 Å². The molecule has 0 radical (unpaired) electrons. The average molecular weight is 224 g/mol. The van der Waals surface area contributed by atoms with Gasteiger partial charge in [0.15, 0.2) is 0 Å². The maximum atomic E-state index is 11.3. The molecule has 0 amide bonds. The Labute approximate surface area is 86.6 Å². The molecule has 0 aliphatic rings. The Kier molecular flexibility index (Phi) is 2.29. The number of hydrogen-bond acceptors (Lipinski definition) is 4. The summed E-state index contributed by atoms with van der Waals surface area (Å²) in [6.07, 6.45) is 4.35. The maximum Gasteiger partial charge on any atom is 0.240 e. The molecule has 0 spiro atoms. The Hall–Kier alpha value is -1.66. The van der Waals surface area contributed by atoms with Gasteiger partial charge in [-0.05, 0) is 18.2 Å². The van der Waals surface area contributed by atoms with Crippen LogP contribution in [0, 0.1) is 0 Å². The second kappa shape index (κ2) is 3.48. The summed E-state index contributed by atoms with van der Waals surface area (Å²) < 4.78 is 27.4. The van der Waals surface area contributed by atoms with Gasteiger partial charge in [0, 0.05) is 11.8 Å². The zero-order valence-corrected chi connectivity index (χ0v) is 8.44. The first-order valence-electron chi connectivity index (χ1n) is 4.09. The van der Waals surface area contributed by atoms with E-state index in [1.165, 1.54) is 30.9 Å². The van der Waals surface area contributed by atoms with Crippen LogP contribution in [0.25, 0.3) is 11.3 Å². The average Bonchev–Trinajstić information content (AvgIpc) is 2.69. The number of nitrogens with two attached hydrogens (primary N) is 1. The Balaban J connectivity index is 2.68. The topological polar surface area (TPSA) is 86.2 Å². The highest BCUT2D eigenvalue weighted by atomic mass is 32.2. The molecule has 0 aliphatic heterocycles. The van der Waals surface area contributed by atoms with Gasteiger partial charge in [0.25, 0.3) is 0 Å². The van der Waals surface area contributed by atoms with Gasteiger partial charge in [0.05, 0.1) is 18.2 Å². The van der Waals surface area contributed by atoms with E-state index in [1.807, 2.05) is 0 Å². The first kappa shape index (κ1) is 9.88. The second-order valence-corrected chi connectivity index (χ2v) is 4.44. The van der Waals surface area contributed by atoms with Gasteiger partial charge in [-0.2, -0.15) is 0 Å². The normalized spacial score (nSPS) is 11.5. The van der Waals surface area contributed by atoms with Crippen LogP contribution in [0.5, 0.6) is 0 Å². The summed E-state index contributed by atoms with van der Waals surface area (Å²) in [6, 6.07) is 4.55. The van der Waals surface area contributed by atoms with Crippen molar-refractivity contribution in [1.82, 2.24) is 4.98 Å². The number of hydrogen-bond donors (Lipinski definition) is 1. The van der Waals surface area contributed by atoms with Gasteiger partial charge in [-0.3, -0.25) is 4.98 Å². The van der Waals surface area contributed by atoms with E-state index >= 15 is 0 Å². The Morgan fingerprint density at radius 3 is 2.73 bits per heavy atom. The molecule has 0 bridgehead atoms. The van der Waals surface area contributed by atoms with Gasteiger partial charge in [0.1, 0.15) is 4.90 Å². The van der Waals surface area contributed by atoms with Crippen LogP contribution in [0.4, 0.5) is 0 Å². The lowest BCUT2D eigenvalue weighted by Gasteiger charge is -2.03. The summed E-state index contributed by atoms with van der Waals surface area (Å²) in [7, 11) is -3.76. The lowest BCUT2D eigenvalue weighted by Crippen LogP contribution is -2.13. The summed E-state index contributed by atoms with van der Waals surface area (Å²) in [4.78, 5) is 3.96. The smallest absolute Gasteiger partial charge is 0.240 e. The minimum absolute atomic E-state index is 0.00796. The predicted octanol–water partition coefficient (Wildman–Crippen LogP) is 0.989. The summed E-state index contributed by atoms with van der Waals surface area (Å²) in [5.41, 5.74) is 0.883. The van der Waals surface area contributed by atoms with E-state index in [4.69, 9.17) is 9.56 Å². The van der Waals surface area contributed by atoms with Crippen LogP contribution in [-0.2, 0) is 10.0 Å². The number of aromatic nitrogens is 1. The molecule has 0 fully saturated rings. The van der Waals surface area contributed by atoms with Crippen LogP contribution >= 0.6 is 0 Å². The third-order valence-electron chi connectivity index (χ3n) is 1.87. The van der Waals surface area contributed by atoms with Crippen molar-refractivity contribution in [2.24, 2.45) is 5.14 Å². The Bertz CT molecular complexity index is 561. The molecule has 0 aliphatic carbocycles. The van der Waals surface area contributed by atoms with Crippen LogP contribution in [-0.4, -0.2) is 13.4 Å². The molecule has 15 heavy (non-hydrogen) atoms. The van der Waals surface area contributed by atoms with E-state index < -0.39 is 10.0 Å². The standard InChI is InChI=1S/C9H8N2O3S/c10-15(12,13)8-2-1-4-11-9(8)7-3-5-14-6-7/h1-6H,(H2,10,12,13). The van der Waals surface area contributed by atoms with Crippen LogP contribution in [0.2, 0.25) is 0 Å². The maximum absolute atomic E-state index is 11.3. The summed E-state index contributed by atoms with van der Waals surface area (Å²) in [6.45, 7) is 0. The van der Waals surface area contributed by atoms with Crippen molar-refractivity contribution < 1.29 is 12.8 Å². The van der Waals surface area contributed by atoms with E-state index in [9.17, 15) is 8.42 Å². The van der Waals surface area contributed by atoms with Gasteiger partial charge in [-0.15, -0.1) is 0 Å². The van der Waals surface area contributed by atoms with Gasteiger partial charge in [0.2, 0.25) is 10.0 Å². The predicted molar refractivity (Wildman–Crippen MR) is 53.3 cm³/mol. The van der Waals surface area contributed by atoms with E-state index in [2.05, 4.69) is 4.98 Å². The number of sulfonamides is 1. The molecule has 2 heterocycles. The van der Waals surface area contributed by atoms with E-state index in [1.54, 1.807) is 6.07 Å². The lowest BCUT2D eigenvalue weighted by molar-refractivity contribution is 0.568. The second-order valence-electron chi connectivity index (χ2n) is 2.91. The lowest BCUT2D eigenvalue weighted by atomic mass is 10.2. The highest BCUT2D eigenvalue weighted by Crippen LogP contribution is 2.23. The zero-order valence-electron chi connectivity index (χ0n) is 7.62. The van der Waals surface area contributed by atoms with E-state index in [0.29, 0.717) is 11.3 Å². The molecule has 0 saturated carbocycles. The molecule has 6 heteroatoms. The molecule has 2 aromatic heterocycles. The largest absolute Gasteiger partial charge is 0.472 e. The fourth-order valence-electron chi connectivity index (χ4n) is 1.24. The first-order valence-corrected chi connectivity index (χ1v) is 5.64. The van der Waals surface area contributed by atoms with Gasteiger partial charge in [-0.25, -0.2) is 13.6 Å². The van der Waals surface area contributed by atoms with Crippen molar-refractivity contribution in [3.63, 3.8) is 0 Å². The first-order chi connectivity index (χ1) is 7.09. The Morgan fingerprint density at radius 2 is 2.13 bits per heavy atom. The zero-order chi connectivity index (χ0) is 10.9. The minimum atomic E-state index is -3.76. The number of primary sulfonamides is 1. The number of rotatable bonds is 2. The molecule has 0 saturated heterocycles. The monoisotopic (exact) mass is 224 g/mol. The van der Waals surface area contributed by atoms with Gasteiger partial charge >= 0.3 is 0 Å². The summed E-state index contributed by atoms with van der Waals surface area (Å²) in [5.74, 6) is 0. The van der Waals surface area contributed by atoms with Crippen LogP contribution in [0.1, 0.15) is 0 Å².